The highest BCUT2D eigenvalue weighted by atomic mass is 16.5. The van der Waals surface area contributed by atoms with Gasteiger partial charge in [-0.2, -0.15) is 0 Å². The van der Waals surface area contributed by atoms with E-state index in [4.69, 9.17) is 14.2 Å². The highest BCUT2D eigenvalue weighted by molar-refractivity contribution is 5.85. The van der Waals surface area contributed by atoms with Gasteiger partial charge in [-0.15, -0.1) is 0 Å². The first-order valence-electron chi connectivity index (χ1n) is 9.19. The van der Waals surface area contributed by atoms with Crippen LogP contribution < -0.4 is 9.47 Å². The van der Waals surface area contributed by atoms with Gasteiger partial charge in [-0.1, -0.05) is 0 Å². The Bertz CT molecular complexity index is 716. The van der Waals surface area contributed by atoms with Gasteiger partial charge in [0, 0.05) is 37.6 Å². The Morgan fingerprint density at radius 1 is 1.26 bits per heavy atom. The average molecular weight is 377 g/mol. The summed E-state index contributed by atoms with van der Waals surface area (Å²) in [5.41, 5.74) is -0.0469. The molecule has 1 aromatic rings. The molecule has 0 bridgehead atoms. The number of piperidine rings is 1. The molecule has 1 heterocycles. The average Bonchev–Trinajstić information content (AvgIpc) is 3.47. The van der Waals surface area contributed by atoms with Crippen LogP contribution in [0.15, 0.2) is 18.2 Å². The van der Waals surface area contributed by atoms with Crippen molar-refractivity contribution in [3.8, 4) is 11.5 Å². The maximum Gasteiger partial charge on any atom is 0.313 e. The summed E-state index contributed by atoms with van der Waals surface area (Å²) >= 11 is 0. The van der Waals surface area contributed by atoms with E-state index in [0.29, 0.717) is 19.4 Å². The molecule has 1 saturated carbocycles. The number of methoxy groups -OCH3 is 3. The molecule has 0 spiro atoms. The minimum atomic E-state index is -1.01. The molecule has 1 saturated heterocycles. The van der Waals surface area contributed by atoms with Gasteiger partial charge in [0.2, 0.25) is 5.91 Å². The minimum Gasteiger partial charge on any atom is -0.497 e. The molecule has 7 nitrogen and oxygen atoms in total. The van der Waals surface area contributed by atoms with Crippen LogP contribution in [0.5, 0.6) is 11.5 Å². The number of carboxylic acids is 1. The number of benzene rings is 1. The van der Waals surface area contributed by atoms with Gasteiger partial charge in [0.25, 0.3) is 0 Å². The quantitative estimate of drug-likeness (QED) is 0.784. The Labute approximate surface area is 159 Å². The lowest BCUT2D eigenvalue weighted by atomic mass is 9.80. The fourth-order valence-corrected chi connectivity index (χ4v) is 4.13. The van der Waals surface area contributed by atoms with Crippen LogP contribution in [0.1, 0.15) is 30.7 Å². The molecule has 3 unspecified atom stereocenters. The Morgan fingerprint density at radius 3 is 2.67 bits per heavy atom. The van der Waals surface area contributed by atoms with E-state index in [0.717, 1.165) is 23.5 Å². The van der Waals surface area contributed by atoms with Crippen LogP contribution in [0.4, 0.5) is 0 Å². The zero-order valence-corrected chi connectivity index (χ0v) is 16.1. The first-order valence-corrected chi connectivity index (χ1v) is 9.19. The first-order chi connectivity index (χ1) is 13.0. The summed E-state index contributed by atoms with van der Waals surface area (Å²) in [4.78, 5) is 26.5. The number of ether oxygens (including phenoxy) is 3. The number of carbonyl (C=O) groups excluding carboxylic acids is 1. The van der Waals surface area contributed by atoms with Crippen molar-refractivity contribution >= 4 is 11.9 Å². The van der Waals surface area contributed by atoms with E-state index >= 15 is 0 Å². The van der Waals surface area contributed by atoms with Gasteiger partial charge in [-0.05, 0) is 37.5 Å². The summed E-state index contributed by atoms with van der Waals surface area (Å²) in [7, 11) is 4.72. The van der Waals surface area contributed by atoms with Gasteiger partial charge < -0.3 is 24.2 Å². The topological polar surface area (TPSA) is 85.3 Å². The monoisotopic (exact) mass is 377 g/mol. The Morgan fingerprint density at radius 2 is 2.04 bits per heavy atom. The van der Waals surface area contributed by atoms with Crippen molar-refractivity contribution in [2.24, 2.45) is 11.3 Å². The van der Waals surface area contributed by atoms with Gasteiger partial charge >= 0.3 is 5.97 Å². The van der Waals surface area contributed by atoms with Crippen LogP contribution in [0.2, 0.25) is 0 Å². The fraction of sp³-hybridized carbons (Fsp3) is 0.600. The molecule has 148 valence electrons. The van der Waals surface area contributed by atoms with Crippen LogP contribution in [-0.2, 0) is 14.3 Å². The van der Waals surface area contributed by atoms with Crippen molar-refractivity contribution in [1.29, 1.82) is 0 Å². The third-order valence-corrected chi connectivity index (χ3v) is 5.71. The number of amides is 1. The minimum absolute atomic E-state index is 0.0197. The number of carbonyl (C=O) groups is 2. The molecular weight excluding hydrogens is 350 g/mol. The van der Waals surface area contributed by atoms with Crippen LogP contribution >= 0.6 is 0 Å². The highest BCUT2D eigenvalue weighted by Gasteiger charge is 2.50. The van der Waals surface area contributed by atoms with Gasteiger partial charge in [0.05, 0.1) is 20.8 Å². The largest absolute Gasteiger partial charge is 0.497 e. The van der Waals surface area contributed by atoms with Gasteiger partial charge in [-0.25, -0.2) is 0 Å². The van der Waals surface area contributed by atoms with Crippen molar-refractivity contribution in [2.75, 3.05) is 41.0 Å². The molecular formula is C20H27NO6. The molecule has 3 atom stereocenters. The zero-order valence-electron chi connectivity index (χ0n) is 16.1. The number of aliphatic carboxylic acids is 1. The number of nitrogens with zero attached hydrogens (tertiary/aromatic N) is 1. The van der Waals surface area contributed by atoms with Crippen molar-refractivity contribution in [3.63, 3.8) is 0 Å². The second kappa shape index (κ2) is 7.76. The van der Waals surface area contributed by atoms with Gasteiger partial charge in [0.1, 0.15) is 16.9 Å². The third kappa shape index (κ3) is 3.74. The van der Waals surface area contributed by atoms with Crippen molar-refractivity contribution in [1.82, 2.24) is 4.90 Å². The molecule has 3 rings (SSSR count). The molecule has 0 radical (unpaired) electrons. The van der Waals surface area contributed by atoms with Crippen LogP contribution in [-0.4, -0.2) is 62.9 Å². The highest BCUT2D eigenvalue weighted by Crippen LogP contribution is 2.52. The number of hydrogen-bond acceptors (Lipinski definition) is 5. The molecule has 27 heavy (non-hydrogen) atoms. The van der Waals surface area contributed by atoms with Crippen molar-refractivity contribution < 1.29 is 28.9 Å². The predicted molar refractivity (Wildman–Crippen MR) is 98.2 cm³/mol. The maximum atomic E-state index is 13.0. The summed E-state index contributed by atoms with van der Waals surface area (Å²) in [6.07, 6.45) is 1.93. The lowest BCUT2D eigenvalue weighted by Crippen LogP contribution is -2.52. The molecule has 2 fully saturated rings. The van der Waals surface area contributed by atoms with Gasteiger partial charge in [0.15, 0.2) is 0 Å². The first kappa shape index (κ1) is 19.5. The van der Waals surface area contributed by atoms with Crippen molar-refractivity contribution in [3.05, 3.63) is 23.8 Å². The molecule has 2 aliphatic rings. The van der Waals surface area contributed by atoms with E-state index in [1.54, 1.807) is 19.1 Å². The van der Waals surface area contributed by atoms with Crippen LogP contribution in [0.3, 0.4) is 0 Å². The summed E-state index contributed by atoms with van der Waals surface area (Å²) in [6.45, 7) is 0.910. The summed E-state index contributed by atoms with van der Waals surface area (Å²) < 4.78 is 15.9. The molecule has 0 aromatic heterocycles. The maximum absolute atomic E-state index is 13.0. The van der Waals surface area contributed by atoms with E-state index in [-0.39, 0.29) is 30.9 Å². The van der Waals surface area contributed by atoms with E-state index in [1.807, 2.05) is 18.2 Å². The summed E-state index contributed by atoms with van der Waals surface area (Å²) in [5.74, 6) is 0.528. The van der Waals surface area contributed by atoms with E-state index in [1.165, 1.54) is 7.11 Å². The molecule has 1 aliphatic heterocycles. The smallest absolute Gasteiger partial charge is 0.313 e. The molecule has 1 N–H and O–H groups in total. The lowest BCUT2D eigenvalue weighted by Gasteiger charge is -2.39. The van der Waals surface area contributed by atoms with Crippen LogP contribution in [0.25, 0.3) is 0 Å². The standard InChI is InChI=1S/C20H27NO6/c1-25-12-20(19(23)24)7-4-8-21(11-20)18(22)16-10-14(16)15-9-13(26-2)5-6-17(15)27-3/h5-6,9,14,16H,4,7-8,10-12H2,1-3H3,(H,23,24). The number of hydrogen-bond donors (Lipinski definition) is 1. The molecule has 1 amide bonds. The SMILES string of the molecule is COCC1(C(=O)O)CCCN(C(=O)C2CC2c2cc(OC)ccc2OC)C1. The lowest BCUT2D eigenvalue weighted by molar-refractivity contribution is -0.159. The zero-order chi connectivity index (χ0) is 19.6. The fourth-order valence-electron chi connectivity index (χ4n) is 4.13. The van der Waals surface area contributed by atoms with E-state index in [2.05, 4.69) is 0 Å². The Balaban J connectivity index is 1.74. The molecule has 1 aliphatic carbocycles. The van der Waals surface area contributed by atoms with Gasteiger partial charge in [-0.3, -0.25) is 9.59 Å². The second-order valence-electron chi connectivity index (χ2n) is 7.44. The number of rotatable bonds is 7. The molecule has 1 aromatic carbocycles. The molecule has 7 heteroatoms. The Kier molecular flexibility index (Phi) is 5.60. The third-order valence-electron chi connectivity index (χ3n) is 5.71. The number of carboxylic acid groups (broad SMARTS) is 1. The van der Waals surface area contributed by atoms with E-state index < -0.39 is 11.4 Å². The van der Waals surface area contributed by atoms with E-state index in [9.17, 15) is 14.7 Å². The summed E-state index contributed by atoms with van der Waals surface area (Å²) in [5, 5.41) is 9.68. The predicted octanol–water partition coefficient (Wildman–Crippen LogP) is 2.15. The second-order valence-corrected chi connectivity index (χ2v) is 7.44. The normalized spacial score (nSPS) is 27.1. The summed E-state index contributed by atoms with van der Waals surface area (Å²) in [6, 6.07) is 5.60. The van der Waals surface area contributed by atoms with Crippen molar-refractivity contribution in [2.45, 2.75) is 25.2 Å². The van der Waals surface area contributed by atoms with Crippen LogP contribution in [0, 0.1) is 11.3 Å². The number of likely N-dealkylation sites (tertiary alicyclic amines) is 1. The Hall–Kier alpha value is -2.28.